The van der Waals surface area contributed by atoms with Crippen LogP contribution in [0.4, 0.5) is 0 Å². The molecule has 0 heterocycles. The van der Waals surface area contributed by atoms with E-state index in [4.69, 9.17) is 4.74 Å². The third-order valence-electron chi connectivity index (χ3n) is 2.03. The molecule has 0 aromatic heterocycles. The van der Waals surface area contributed by atoms with Gasteiger partial charge in [-0.25, -0.2) is 9.59 Å². The molecule has 0 aromatic carbocycles. The van der Waals surface area contributed by atoms with E-state index in [1.54, 1.807) is 18.2 Å². The molecule has 0 fully saturated rings. The minimum Gasteiger partial charge on any atom is -0.466 e. The molecule has 106 valence electrons. The lowest BCUT2D eigenvalue weighted by Gasteiger charge is -2.04. The second kappa shape index (κ2) is 10.3. The van der Waals surface area contributed by atoms with Crippen molar-refractivity contribution < 1.29 is 19.1 Å². The van der Waals surface area contributed by atoms with Gasteiger partial charge in [0.25, 0.3) is 0 Å². The van der Waals surface area contributed by atoms with Gasteiger partial charge < -0.3 is 9.47 Å². The molecule has 0 saturated carbocycles. The van der Waals surface area contributed by atoms with Crippen molar-refractivity contribution in [2.75, 3.05) is 7.11 Å². The molecule has 20 heavy (non-hydrogen) atoms. The largest absolute Gasteiger partial charge is 0.466 e. The molecule has 0 aliphatic rings. The molecular weight excluding hydrogens is 256 g/mol. The van der Waals surface area contributed by atoms with Crippen LogP contribution >= 0.6 is 0 Å². The molecule has 0 atom stereocenters. The Morgan fingerprint density at radius 2 is 1.75 bits per heavy atom. The van der Waals surface area contributed by atoms with E-state index in [0.29, 0.717) is 5.57 Å². The van der Waals surface area contributed by atoms with Gasteiger partial charge in [0.05, 0.1) is 12.7 Å². The van der Waals surface area contributed by atoms with Gasteiger partial charge in [-0.05, 0) is 25.2 Å². The predicted molar refractivity (Wildman–Crippen MR) is 78.6 cm³/mol. The number of allylic oxidation sites excluding steroid dienone is 6. The molecule has 0 rings (SSSR count). The maximum absolute atomic E-state index is 11.8. The quantitative estimate of drug-likeness (QED) is 0.310. The Morgan fingerprint density at radius 3 is 2.25 bits per heavy atom. The number of ether oxygens (including phenoxy) is 2. The Hall–Kier alpha value is -2.62. The highest BCUT2D eigenvalue weighted by Crippen LogP contribution is 2.07. The zero-order chi connectivity index (χ0) is 15.4. The topological polar surface area (TPSA) is 52.6 Å². The van der Waals surface area contributed by atoms with Crippen LogP contribution in [-0.4, -0.2) is 19.0 Å². The molecule has 0 N–H and O–H groups in total. The number of hydrogen-bond acceptors (Lipinski definition) is 4. The highest BCUT2D eigenvalue weighted by atomic mass is 16.5. The summed E-state index contributed by atoms with van der Waals surface area (Å²) in [5.41, 5.74) is 0.313. The van der Waals surface area contributed by atoms with Crippen molar-refractivity contribution in [2.45, 2.75) is 6.92 Å². The Labute approximate surface area is 119 Å². The fourth-order valence-corrected chi connectivity index (χ4v) is 1.02. The summed E-state index contributed by atoms with van der Waals surface area (Å²) in [6.07, 6.45) is 11.8. The maximum Gasteiger partial charge on any atom is 0.343 e. The van der Waals surface area contributed by atoms with E-state index in [2.05, 4.69) is 17.9 Å². The molecule has 0 radical (unpaired) electrons. The molecule has 0 aliphatic heterocycles. The van der Waals surface area contributed by atoms with Crippen molar-refractivity contribution in [1.29, 1.82) is 0 Å². The van der Waals surface area contributed by atoms with E-state index < -0.39 is 11.9 Å². The highest BCUT2D eigenvalue weighted by molar-refractivity contribution is 5.92. The number of methoxy groups -OCH3 is 1. The van der Waals surface area contributed by atoms with E-state index in [-0.39, 0.29) is 5.76 Å². The van der Waals surface area contributed by atoms with E-state index in [1.165, 1.54) is 37.5 Å². The van der Waals surface area contributed by atoms with Gasteiger partial charge in [-0.1, -0.05) is 37.5 Å². The summed E-state index contributed by atoms with van der Waals surface area (Å²) in [7, 11) is 1.27. The molecule has 0 amide bonds. The van der Waals surface area contributed by atoms with Crippen molar-refractivity contribution >= 4 is 11.9 Å². The lowest BCUT2D eigenvalue weighted by atomic mass is 10.2. The fraction of sp³-hybridized carbons (Fsp3) is 0.125. The van der Waals surface area contributed by atoms with E-state index >= 15 is 0 Å². The van der Waals surface area contributed by atoms with Crippen LogP contribution in [0.3, 0.4) is 0 Å². The van der Waals surface area contributed by atoms with E-state index in [9.17, 15) is 9.59 Å². The van der Waals surface area contributed by atoms with E-state index in [1.807, 2.05) is 6.92 Å². The van der Waals surface area contributed by atoms with Crippen LogP contribution in [0.2, 0.25) is 0 Å². The summed E-state index contributed by atoms with van der Waals surface area (Å²) in [4.78, 5) is 22.7. The summed E-state index contributed by atoms with van der Waals surface area (Å²) in [6.45, 7) is 8.89. The molecule has 0 bridgehead atoms. The summed E-state index contributed by atoms with van der Waals surface area (Å²) in [5, 5.41) is 0. The molecule has 0 aromatic rings. The average Bonchev–Trinajstić information content (AvgIpc) is 2.46. The second-order valence-electron chi connectivity index (χ2n) is 3.40. The highest BCUT2D eigenvalue weighted by Gasteiger charge is 2.07. The minimum atomic E-state index is -0.560. The molecule has 0 unspecified atom stereocenters. The zero-order valence-electron chi connectivity index (χ0n) is 11.7. The van der Waals surface area contributed by atoms with Crippen molar-refractivity contribution in [1.82, 2.24) is 0 Å². The number of esters is 2. The van der Waals surface area contributed by atoms with Crippen LogP contribution < -0.4 is 0 Å². The van der Waals surface area contributed by atoms with Gasteiger partial charge in [0, 0.05) is 6.08 Å². The van der Waals surface area contributed by atoms with Gasteiger partial charge in [-0.3, -0.25) is 0 Å². The summed E-state index contributed by atoms with van der Waals surface area (Å²) in [6, 6.07) is 0. The number of hydrogen-bond donors (Lipinski definition) is 0. The van der Waals surface area contributed by atoms with Crippen LogP contribution in [0.15, 0.2) is 73.1 Å². The fourth-order valence-electron chi connectivity index (χ4n) is 1.02. The monoisotopic (exact) mass is 274 g/mol. The Kier molecular flexibility index (Phi) is 8.96. The van der Waals surface area contributed by atoms with Crippen LogP contribution in [0.5, 0.6) is 0 Å². The first-order valence-corrected chi connectivity index (χ1v) is 5.85. The number of carbonyl (C=O) groups excluding carboxylic acids is 2. The molecular formula is C16H18O4. The standard InChI is InChI=1S/C16H18O4/c1-5-8-10-13(6-2)16(18)20-14(7-3)11-9-12-15(17)19-4/h5-12H,2-3H2,1,4H3/b8-5+,12-9-,13-10+,14-11+. The Bertz CT molecular complexity index is 491. The lowest BCUT2D eigenvalue weighted by Crippen LogP contribution is -2.05. The SMILES string of the molecule is C=C/C(=C\C=C/C(=O)OC)OC(=O)/C(C=C)=C/C=C/C. The predicted octanol–water partition coefficient (Wildman–Crippen LogP) is 3.02. The van der Waals surface area contributed by atoms with Crippen LogP contribution in [0.25, 0.3) is 0 Å². The van der Waals surface area contributed by atoms with Gasteiger partial charge >= 0.3 is 11.9 Å². The first-order valence-electron chi connectivity index (χ1n) is 5.85. The molecule has 0 saturated heterocycles. The normalized spacial score (nSPS) is 12.5. The summed E-state index contributed by atoms with van der Waals surface area (Å²) < 4.78 is 9.52. The van der Waals surface area contributed by atoms with Crippen molar-refractivity contribution in [2.24, 2.45) is 0 Å². The minimum absolute atomic E-state index is 0.211. The molecule has 4 nitrogen and oxygen atoms in total. The maximum atomic E-state index is 11.8. The van der Waals surface area contributed by atoms with Gasteiger partial charge in [0.1, 0.15) is 5.76 Å². The van der Waals surface area contributed by atoms with Crippen molar-refractivity contribution in [3.63, 3.8) is 0 Å². The summed E-state index contributed by atoms with van der Waals surface area (Å²) in [5.74, 6) is -0.852. The molecule has 4 heteroatoms. The van der Waals surface area contributed by atoms with Crippen molar-refractivity contribution in [3.8, 4) is 0 Å². The van der Waals surface area contributed by atoms with Crippen molar-refractivity contribution in [3.05, 3.63) is 73.1 Å². The average molecular weight is 274 g/mol. The summed E-state index contributed by atoms with van der Waals surface area (Å²) >= 11 is 0. The van der Waals surface area contributed by atoms with Gasteiger partial charge in [0.2, 0.25) is 0 Å². The smallest absolute Gasteiger partial charge is 0.343 e. The number of carbonyl (C=O) groups is 2. The third kappa shape index (κ3) is 6.96. The molecule has 0 aliphatic carbocycles. The second-order valence-corrected chi connectivity index (χ2v) is 3.40. The lowest BCUT2D eigenvalue weighted by molar-refractivity contribution is -0.135. The van der Waals surface area contributed by atoms with Crippen LogP contribution in [0.1, 0.15) is 6.92 Å². The van der Waals surface area contributed by atoms with Crippen LogP contribution in [0, 0.1) is 0 Å². The van der Waals surface area contributed by atoms with E-state index in [0.717, 1.165) is 0 Å². The Balaban J connectivity index is 4.87. The first-order chi connectivity index (χ1) is 9.58. The zero-order valence-corrected chi connectivity index (χ0v) is 11.7. The van der Waals surface area contributed by atoms with Gasteiger partial charge in [-0.15, -0.1) is 0 Å². The van der Waals surface area contributed by atoms with Gasteiger partial charge in [0.15, 0.2) is 0 Å². The van der Waals surface area contributed by atoms with Gasteiger partial charge in [-0.2, -0.15) is 0 Å². The van der Waals surface area contributed by atoms with Crippen LogP contribution in [-0.2, 0) is 19.1 Å². The third-order valence-corrected chi connectivity index (χ3v) is 2.03. The first kappa shape index (κ1) is 17.4. The number of rotatable bonds is 7. The molecule has 0 spiro atoms. The Morgan fingerprint density at radius 1 is 1.05 bits per heavy atom.